The minimum atomic E-state index is -0.423. The highest BCUT2D eigenvalue weighted by Gasteiger charge is 2.03. The van der Waals surface area contributed by atoms with Gasteiger partial charge in [-0.05, 0) is 46.1 Å². The van der Waals surface area contributed by atoms with E-state index in [-0.39, 0.29) is 5.82 Å². The van der Waals surface area contributed by atoms with Crippen LogP contribution in [0.25, 0.3) is 5.57 Å². The summed E-state index contributed by atoms with van der Waals surface area (Å²) >= 11 is 3.08. The summed E-state index contributed by atoms with van der Waals surface area (Å²) in [6, 6.07) is 4.56. The third-order valence-electron chi connectivity index (χ3n) is 1.91. The molecule has 2 nitrogen and oxygen atoms in total. The van der Waals surface area contributed by atoms with Gasteiger partial charge in [-0.25, -0.2) is 9.18 Å². The maximum Gasteiger partial charge on any atom is 0.330 e. The number of rotatable bonds is 2. The van der Waals surface area contributed by atoms with Crippen LogP contribution in [-0.2, 0) is 9.53 Å². The average Bonchev–Trinajstić information content (AvgIpc) is 2.21. The molecule has 0 unspecified atom stereocenters. The summed E-state index contributed by atoms with van der Waals surface area (Å²) in [5.74, 6) is -0.752. The predicted molar refractivity (Wildman–Crippen MR) is 59.8 cm³/mol. The van der Waals surface area contributed by atoms with Gasteiger partial charge in [0.05, 0.1) is 11.6 Å². The normalized spacial score (nSPS) is 11.3. The summed E-state index contributed by atoms with van der Waals surface area (Å²) in [6.07, 6.45) is 1.36. The minimum absolute atomic E-state index is 0.329. The van der Waals surface area contributed by atoms with Crippen molar-refractivity contribution in [2.45, 2.75) is 6.92 Å². The maximum atomic E-state index is 12.9. The van der Waals surface area contributed by atoms with Crippen LogP contribution in [0.5, 0.6) is 0 Å². The highest BCUT2D eigenvalue weighted by atomic mass is 79.9. The fraction of sp³-hybridized carbons (Fsp3) is 0.182. The van der Waals surface area contributed by atoms with Crippen molar-refractivity contribution in [1.29, 1.82) is 0 Å². The number of carbonyl (C=O) groups is 1. The number of methoxy groups -OCH3 is 1. The van der Waals surface area contributed by atoms with Gasteiger partial charge in [0, 0.05) is 6.08 Å². The van der Waals surface area contributed by atoms with E-state index in [2.05, 4.69) is 20.7 Å². The molecule has 0 fully saturated rings. The van der Waals surface area contributed by atoms with Gasteiger partial charge in [0.25, 0.3) is 0 Å². The Balaban J connectivity index is 3.01. The Bertz CT molecular complexity index is 413. The van der Waals surface area contributed by atoms with Gasteiger partial charge in [-0.15, -0.1) is 0 Å². The highest BCUT2D eigenvalue weighted by molar-refractivity contribution is 9.10. The third kappa shape index (κ3) is 3.16. The lowest BCUT2D eigenvalue weighted by Gasteiger charge is -2.02. The largest absolute Gasteiger partial charge is 0.466 e. The summed E-state index contributed by atoms with van der Waals surface area (Å²) in [7, 11) is 1.31. The lowest BCUT2D eigenvalue weighted by atomic mass is 10.1. The first-order chi connectivity index (χ1) is 7.04. The van der Waals surface area contributed by atoms with Crippen LogP contribution >= 0.6 is 15.9 Å². The van der Waals surface area contributed by atoms with Crippen molar-refractivity contribution in [3.63, 3.8) is 0 Å². The molecular formula is C11H10BrFO2. The van der Waals surface area contributed by atoms with Crippen molar-refractivity contribution < 1.29 is 13.9 Å². The first-order valence-electron chi connectivity index (χ1n) is 4.26. The van der Waals surface area contributed by atoms with Crippen LogP contribution in [0.1, 0.15) is 12.5 Å². The Morgan fingerprint density at radius 2 is 2.20 bits per heavy atom. The molecule has 0 amide bonds. The van der Waals surface area contributed by atoms with Gasteiger partial charge in [-0.1, -0.05) is 6.07 Å². The molecule has 0 heterocycles. The van der Waals surface area contributed by atoms with E-state index in [0.29, 0.717) is 4.47 Å². The van der Waals surface area contributed by atoms with E-state index < -0.39 is 5.97 Å². The fourth-order valence-corrected chi connectivity index (χ4v) is 1.44. The van der Waals surface area contributed by atoms with Crippen LogP contribution in [0.3, 0.4) is 0 Å². The topological polar surface area (TPSA) is 26.3 Å². The molecule has 15 heavy (non-hydrogen) atoms. The van der Waals surface area contributed by atoms with Crippen molar-refractivity contribution in [1.82, 2.24) is 0 Å². The lowest BCUT2D eigenvalue weighted by Crippen LogP contribution is -1.95. The van der Waals surface area contributed by atoms with E-state index in [1.54, 1.807) is 19.1 Å². The van der Waals surface area contributed by atoms with Crippen LogP contribution in [0.15, 0.2) is 28.7 Å². The Morgan fingerprint density at radius 1 is 1.53 bits per heavy atom. The van der Waals surface area contributed by atoms with Crippen LogP contribution in [-0.4, -0.2) is 13.1 Å². The Morgan fingerprint density at radius 3 is 2.73 bits per heavy atom. The minimum Gasteiger partial charge on any atom is -0.466 e. The van der Waals surface area contributed by atoms with Gasteiger partial charge in [-0.3, -0.25) is 0 Å². The zero-order valence-corrected chi connectivity index (χ0v) is 9.97. The SMILES string of the molecule is COC(=O)/C=C(/C)c1ccc(F)c(Br)c1. The zero-order chi connectivity index (χ0) is 11.4. The molecule has 0 radical (unpaired) electrons. The smallest absolute Gasteiger partial charge is 0.330 e. The number of hydrogen-bond donors (Lipinski definition) is 0. The average molecular weight is 273 g/mol. The molecule has 0 bridgehead atoms. The molecule has 0 saturated carbocycles. The molecule has 1 rings (SSSR count). The molecule has 0 aliphatic rings. The summed E-state index contributed by atoms with van der Waals surface area (Å²) in [5.41, 5.74) is 1.50. The van der Waals surface area contributed by atoms with Crippen LogP contribution in [0.4, 0.5) is 4.39 Å². The number of esters is 1. The van der Waals surface area contributed by atoms with Crippen molar-refractivity contribution in [2.24, 2.45) is 0 Å². The molecule has 0 N–H and O–H groups in total. The third-order valence-corrected chi connectivity index (χ3v) is 2.52. The number of halogens is 2. The Labute approximate surface area is 95.9 Å². The van der Waals surface area contributed by atoms with Crippen molar-refractivity contribution in [3.05, 3.63) is 40.1 Å². The molecule has 0 aliphatic heterocycles. The molecule has 0 atom stereocenters. The second kappa shape index (κ2) is 5.07. The van der Waals surface area contributed by atoms with E-state index in [9.17, 15) is 9.18 Å². The summed E-state index contributed by atoms with van der Waals surface area (Å²) in [6.45, 7) is 1.76. The summed E-state index contributed by atoms with van der Waals surface area (Å²) in [4.78, 5) is 11.0. The fourth-order valence-electron chi connectivity index (χ4n) is 1.06. The first-order valence-corrected chi connectivity index (χ1v) is 5.05. The number of ether oxygens (including phenoxy) is 1. The molecule has 0 spiro atoms. The number of benzene rings is 1. The molecule has 80 valence electrons. The number of hydrogen-bond acceptors (Lipinski definition) is 2. The first kappa shape index (κ1) is 11.9. The second-order valence-corrected chi connectivity index (χ2v) is 3.83. The van der Waals surface area contributed by atoms with Crippen LogP contribution < -0.4 is 0 Å². The van der Waals surface area contributed by atoms with Gasteiger partial charge in [0.2, 0.25) is 0 Å². The van der Waals surface area contributed by atoms with E-state index in [0.717, 1.165) is 11.1 Å². The van der Waals surface area contributed by atoms with Crippen molar-refractivity contribution in [2.75, 3.05) is 7.11 Å². The van der Waals surface area contributed by atoms with Gasteiger partial charge >= 0.3 is 5.97 Å². The van der Waals surface area contributed by atoms with Gasteiger partial charge in [0.15, 0.2) is 0 Å². The van der Waals surface area contributed by atoms with E-state index >= 15 is 0 Å². The van der Waals surface area contributed by atoms with Gasteiger partial charge < -0.3 is 4.74 Å². The van der Waals surface area contributed by atoms with E-state index in [1.165, 1.54) is 19.3 Å². The molecule has 0 aliphatic carbocycles. The molecule has 0 saturated heterocycles. The zero-order valence-electron chi connectivity index (χ0n) is 8.38. The predicted octanol–water partition coefficient (Wildman–Crippen LogP) is 3.16. The maximum absolute atomic E-state index is 12.9. The molecule has 4 heteroatoms. The molecular weight excluding hydrogens is 263 g/mol. The lowest BCUT2D eigenvalue weighted by molar-refractivity contribution is -0.134. The number of carbonyl (C=O) groups excluding carboxylic acids is 1. The monoisotopic (exact) mass is 272 g/mol. The summed E-state index contributed by atoms with van der Waals surface area (Å²) in [5, 5.41) is 0. The molecule has 1 aromatic carbocycles. The second-order valence-electron chi connectivity index (χ2n) is 2.98. The Hall–Kier alpha value is -1.16. The van der Waals surface area contributed by atoms with Crippen LogP contribution in [0, 0.1) is 5.82 Å². The Kier molecular flexibility index (Phi) is 4.03. The molecule has 0 aromatic heterocycles. The highest BCUT2D eigenvalue weighted by Crippen LogP contribution is 2.21. The van der Waals surface area contributed by atoms with E-state index in [4.69, 9.17) is 0 Å². The quantitative estimate of drug-likeness (QED) is 0.611. The van der Waals surface area contributed by atoms with E-state index in [1.807, 2.05) is 0 Å². The number of allylic oxidation sites excluding steroid dienone is 1. The van der Waals surface area contributed by atoms with Crippen LogP contribution in [0.2, 0.25) is 0 Å². The van der Waals surface area contributed by atoms with Gasteiger partial charge in [-0.2, -0.15) is 0 Å². The van der Waals surface area contributed by atoms with Gasteiger partial charge in [0.1, 0.15) is 5.82 Å². The summed E-state index contributed by atoms with van der Waals surface area (Å²) < 4.78 is 17.8. The van der Waals surface area contributed by atoms with Crippen molar-refractivity contribution >= 4 is 27.5 Å². The standard InChI is InChI=1S/C11H10BrFO2/c1-7(5-11(14)15-2)8-3-4-10(13)9(12)6-8/h3-6H,1-2H3/b7-5-. The molecule has 1 aromatic rings. The van der Waals surface area contributed by atoms with Crippen molar-refractivity contribution in [3.8, 4) is 0 Å².